The van der Waals surface area contributed by atoms with E-state index in [1.54, 1.807) is 56.3 Å². The Hall–Kier alpha value is -5.21. The molecule has 1 aliphatic rings. The Kier molecular flexibility index (Phi) is 10.6. The summed E-state index contributed by atoms with van der Waals surface area (Å²) < 4.78 is 17.0. The SMILES string of the molecule is CC(C)C(NC(=O)Cn1c(-c2ccccc2)ncc(NC(=O)OCc2ccccc2)c1=O)C(=O)c1nc(CN2CCOCC2)no1. The van der Waals surface area contributed by atoms with Crippen molar-refractivity contribution in [3.05, 3.63) is 94.5 Å². The summed E-state index contributed by atoms with van der Waals surface area (Å²) in [5.74, 6) is -1.19. The molecule has 240 valence electrons. The fourth-order valence-electron chi connectivity index (χ4n) is 4.82. The Balaban J connectivity index is 1.31. The topological polar surface area (TPSA) is 171 Å². The zero-order chi connectivity index (χ0) is 32.5. The van der Waals surface area contributed by atoms with Crippen LogP contribution in [0.1, 0.15) is 35.9 Å². The van der Waals surface area contributed by atoms with Crippen LogP contribution in [0.25, 0.3) is 11.4 Å². The van der Waals surface area contributed by atoms with Crippen LogP contribution >= 0.6 is 0 Å². The second-order valence-corrected chi connectivity index (χ2v) is 11.0. The smallest absolute Gasteiger partial charge is 0.412 e. The molecule has 1 saturated heterocycles. The Bertz CT molecular complexity index is 1700. The van der Waals surface area contributed by atoms with Gasteiger partial charge in [-0.3, -0.25) is 29.2 Å². The molecule has 0 radical (unpaired) electrons. The first kappa shape index (κ1) is 32.2. The summed E-state index contributed by atoms with van der Waals surface area (Å²) in [4.78, 5) is 63.7. The number of benzene rings is 2. The van der Waals surface area contributed by atoms with Crippen molar-refractivity contribution in [2.45, 2.75) is 39.6 Å². The molecule has 0 bridgehead atoms. The van der Waals surface area contributed by atoms with Gasteiger partial charge in [0.1, 0.15) is 24.7 Å². The van der Waals surface area contributed by atoms with Crippen LogP contribution in [0.3, 0.4) is 0 Å². The molecule has 46 heavy (non-hydrogen) atoms. The van der Waals surface area contributed by atoms with Crippen LogP contribution in [-0.4, -0.2) is 74.7 Å². The fourth-order valence-corrected chi connectivity index (χ4v) is 4.82. The van der Waals surface area contributed by atoms with Crippen LogP contribution in [0.2, 0.25) is 0 Å². The number of carbonyl (C=O) groups excluding carboxylic acids is 3. The average Bonchev–Trinajstić information content (AvgIpc) is 3.54. The largest absolute Gasteiger partial charge is 0.444 e. The molecule has 14 heteroatoms. The first-order valence-electron chi connectivity index (χ1n) is 14.9. The van der Waals surface area contributed by atoms with Crippen LogP contribution in [-0.2, 0) is 34.0 Å². The van der Waals surface area contributed by atoms with Crippen molar-refractivity contribution in [1.82, 2.24) is 29.9 Å². The number of amides is 2. The summed E-state index contributed by atoms with van der Waals surface area (Å²) in [7, 11) is 0. The van der Waals surface area contributed by atoms with E-state index in [4.69, 9.17) is 14.0 Å². The van der Waals surface area contributed by atoms with Gasteiger partial charge < -0.3 is 19.3 Å². The van der Waals surface area contributed by atoms with Gasteiger partial charge in [-0.05, 0) is 11.5 Å². The lowest BCUT2D eigenvalue weighted by molar-refractivity contribution is -0.122. The van der Waals surface area contributed by atoms with Gasteiger partial charge in [0.2, 0.25) is 11.7 Å². The van der Waals surface area contributed by atoms with Crippen molar-refractivity contribution in [1.29, 1.82) is 0 Å². The Morgan fingerprint density at radius 2 is 1.70 bits per heavy atom. The van der Waals surface area contributed by atoms with E-state index >= 15 is 0 Å². The number of ether oxygens (including phenoxy) is 2. The lowest BCUT2D eigenvalue weighted by Gasteiger charge is -2.24. The minimum absolute atomic E-state index is 0.00181. The zero-order valence-electron chi connectivity index (χ0n) is 25.5. The number of aromatic nitrogens is 4. The molecule has 0 spiro atoms. The number of ketones is 1. The molecule has 0 aliphatic carbocycles. The lowest BCUT2D eigenvalue weighted by Crippen LogP contribution is -2.46. The zero-order valence-corrected chi connectivity index (χ0v) is 25.5. The summed E-state index contributed by atoms with van der Waals surface area (Å²) in [6.07, 6.45) is 0.358. The minimum atomic E-state index is -1.01. The summed E-state index contributed by atoms with van der Waals surface area (Å²) in [6, 6.07) is 16.9. The molecule has 1 unspecified atom stereocenters. The lowest BCUT2D eigenvalue weighted by atomic mass is 9.99. The molecule has 3 heterocycles. The van der Waals surface area contributed by atoms with Crippen LogP contribution in [0.5, 0.6) is 0 Å². The number of rotatable bonds is 12. The van der Waals surface area contributed by atoms with E-state index in [1.165, 1.54) is 6.20 Å². The van der Waals surface area contributed by atoms with Crippen molar-refractivity contribution < 1.29 is 28.4 Å². The molecule has 2 N–H and O–H groups in total. The van der Waals surface area contributed by atoms with Crippen LogP contribution in [0.4, 0.5) is 10.5 Å². The van der Waals surface area contributed by atoms with Crippen LogP contribution < -0.4 is 16.2 Å². The van der Waals surface area contributed by atoms with E-state index in [9.17, 15) is 19.2 Å². The molecular weight excluding hydrogens is 594 g/mol. The summed E-state index contributed by atoms with van der Waals surface area (Å²) in [5.41, 5.74) is 0.478. The van der Waals surface area contributed by atoms with E-state index in [2.05, 4.69) is 30.7 Å². The van der Waals surface area contributed by atoms with Crippen LogP contribution in [0.15, 0.2) is 76.2 Å². The highest BCUT2D eigenvalue weighted by Crippen LogP contribution is 2.17. The Labute approximate surface area is 264 Å². The Morgan fingerprint density at radius 1 is 1.00 bits per heavy atom. The molecule has 4 aromatic rings. The van der Waals surface area contributed by atoms with Gasteiger partial charge in [0, 0.05) is 18.7 Å². The highest BCUT2D eigenvalue weighted by atomic mass is 16.5. The fraction of sp³-hybridized carbons (Fsp3) is 0.344. The number of morpholine rings is 1. The first-order valence-corrected chi connectivity index (χ1v) is 14.9. The predicted octanol–water partition coefficient (Wildman–Crippen LogP) is 2.90. The normalized spacial score (nSPS) is 14.1. The predicted molar refractivity (Wildman–Crippen MR) is 166 cm³/mol. The van der Waals surface area contributed by atoms with Crippen molar-refractivity contribution in [3.8, 4) is 11.4 Å². The van der Waals surface area contributed by atoms with Crippen molar-refractivity contribution in [2.24, 2.45) is 5.92 Å². The van der Waals surface area contributed by atoms with Gasteiger partial charge in [0.05, 0.1) is 32.0 Å². The van der Waals surface area contributed by atoms with Gasteiger partial charge in [-0.15, -0.1) is 0 Å². The molecule has 14 nitrogen and oxygen atoms in total. The molecule has 5 rings (SSSR count). The minimum Gasteiger partial charge on any atom is -0.444 e. The quantitative estimate of drug-likeness (QED) is 0.221. The maximum atomic E-state index is 13.6. The number of nitrogens with zero attached hydrogens (tertiary/aromatic N) is 5. The summed E-state index contributed by atoms with van der Waals surface area (Å²) >= 11 is 0. The molecular formula is C32H35N7O7. The monoisotopic (exact) mass is 629 g/mol. The highest BCUT2D eigenvalue weighted by molar-refractivity contribution is 5.98. The van der Waals surface area contributed by atoms with Gasteiger partial charge in [0.25, 0.3) is 11.4 Å². The number of Topliss-reactive ketones (excluding diaryl/α,β-unsaturated/α-hetero) is 1. The number of hydrogen-bond acceptors (Lipinski definition) is 11. The summed E-state index contributed by atoms with van der Waals surface area (Å²) in [6.45, 7) is 6.08. The molecule has 2 amide bonds. The third-order valence-electron chi connectivity index (χ3n) is 7.24. The standard InChI is InChI=1S/C32H35N7O7/c1-21(2)27(28(41)30-35-25(37-46-30)18-38-13-15-44-16-14-38)36-26(40)19-39-29(23-11-7-4-8-12-23)33-17-24(31(39)42)34-32(43)45-20-22-9-5-3-6-10-22/h3-12,17,21,27H,13-16,18-20H2,1-2H3,(H,34,43)(H,36,40). The molecule has 0 saturated carbocycles. The average molecular weight is 630 g/mol. The van der Waals surface area contributed by atoms with E-state index in [1.807, 2.05) is 18.2 Å². The third-order valence-corrected chi connectivity index (χ3v) is 7.24. The second kappa shape index (κ2) is 15.2. The Morgan fingerprint density at radius 3 is 2.39 bits per heavy atom. The number of carbonyl (C=O) groups is 3. The van der Waals surface area contributed by atoms with Crippen molar-refractivity contribution >= 4 is 23.5 Å². The molecule has 1 atom stereocenters. The highest BCUT2D eigenvalue weighted by Gasteiger charge is 2.30. The summed E-state index contributed by atoms with van der Waals surface area (Å²) in [5, 5.41) is 9.08. The van der Waals surface area contributed by atoms with E-state index in [0.29, 0.717) is 44.2 Å². The van der Waals surface area contributed by atoms with Gasteiger partial charge in [-0.1, -0.05) is 79.7 Å². The molecule has 1 aliphatic heterocycles. The van der Waals surface area contributed by atoms with Gasteiger partial charge in [-0.25, -0.2) is 9.78 Å². The van der Waals surface area contributed by atoms with Gasteiger partial charge >= 0.3 is 6.09 Å². The van der Waals surface area contributed by atoms with Crippen molar-refractivity contribution in [2.75, 3.05) is 31.6 Å². The van der Waals surface area contributed by atoms with Gasteiger partial charge in [-0.2, -0.15) is 4.98 Å². The molecule has 1 fully saturated rings. The first-order chi connectivity index (χ1) is 22.3. The van der Waals surface area contributed by atoms with E-state index in [-0.39, 0.29) is 29.9 Å². The number of anilines is 1. The number of hydrogen-bond donors (Lipinski definition) is 2. The van der Waals surface area contributed by atoms with E-state index in [0.717, 1.165) is 10.1 Å². The maximum absolute atomic E-state index is 13.6. The second-order valence-electron chi connectivity index (χ2n) is 11.0. The van der Waals surface area contributed by atoms with Crippen LogP contribution in [0, 0.1) is 5.92 Å². The third kappa shape index (κ3) is 8.28. The maximum Gasteiger partial charge on any atom is 0.412 e. The van der Waals surface area contributed by atoms with E-state index < -0.39 is 35.9 Å². The molecule has 2 aromatic carbocycles. The van der Waals surface area contributed by atoms with Gasteiger partial charge in [0.15, 0.2) is 5.82 Å². The van der Waals surface area contributed by atoms with Crippen molar-refractivity contribution in [3.63, 3.8) is 0 Å². The molecule has 2 aromatic heterocycles. The number of nitrogens with one attached hydrogen (secondary N) is 2.